The predicted molar refractivity (Wildman–Crippen MR) is 47.6 cm³/mol. The Morgan fingerprint density at radius 1 is 1.50 bits per heavy atom. The Morgan fingerprint density at radius 3 is 3.08 bits per heavy atom. The molecule has 0 spiro atoms. The first-order valence-corrected chi connectivity index (χ1v) is 4.13. The Bertz CT molecular complexity index is 467. The lowest BCUT2D eigenvalue weighted by molar-refractivity contribution is 0.956. The van der Waals surface area contributed by atoms with Crippen molar-refractivity contribution in [1.29, 1.82) is 5.26 Å². The van der Waals surface area contributed by atoms with Crippen LogP contribution >= 0.6 is 15.9 Å². The van der Waals surface area contributed by atoms with Crippen LogP contribution in [0.1, 0.15) is 5.56 Å². The largest absolute Gasteiger partial charge is 0.238 e. The summed E-state index contributed by atoms with van der Waals surface area (Å²) < 4.78 is 2.62. The van der Waals surface area contributed by atoms with E-state index in [1.165, 1.54) is 0 Å². The molecule has 0 aromatic carbocycles. The number of nitrogens with zero attached hydrogens (tertiary/aromatic N) is 3. The van der Waals surface area contributed by atoms with Crippen LogP contribution in [0.15, 0.2) is 29.0 Å². The monoisotopic (exact) mass is 221 g/mol. The van der Waals surface area contributed by atoms with Crippen LogP contribution in [0.2, 0.25) is 0 Å². The molecule has 2 rings (SSSR count). The van der Waals surface area contributed by atoms with Gasteiger partial charge in [-0.2, -0.15) is 10.4 Å². The van der Waals surface area contributed by atoms with Gasteiger partial charge in [0, 0.05) is 10.7 Å². The lowest BCUT2D eigenvalue weighted by Crippen LogP contribution is -1.84. The molecule has 0 fully saturated rings. The van der Waals surface area contributed by atoms with Crippen molar-refractivity contribution in [1.82, 2.24) is 9.61 Å². The number of hydrogen-bond donors (Lipinski definition) is 0. The topological polar surface area (TPSA) is 41.1 Å². The lowest BCUT2D eigenvalue weighted by atomic mass is 10.3. The molecule has 2 aromatic rings. The molecule has 2 heterocycles. The van der Waals surface area contributed by atoms with Crippen LogP contribution in [-0.2, 0) is 0 Å². The third kappa shape index (κ3) is 0.990. The maximum absolute atomic E-state index is 8.68. The van der Waals surface area contributed by atoms with Gasteiger partial charge in [-0.05, 0) is 28.1 Å². The molecule has 3 nitrogen and oxygen atoms in total. The summed E-state index contributed by atoms with van der Waals surface area (Å²) in [4.78, 5) is 0. The third-order valence-corrected chi connectivity index (χ3v) is 2.07. The molecule has 12 heavy (non-hydrogen) atoms. The Hall–Kier alpha value is -1.34. The van der Waals surface area contributed by atoms with E-state index in [4.69, 9.17) is 5.26 Å². The summed E-state index contributed by atoms with van der Waals surface area (Å²) in [6.07, 6.45) is 3.37. The number of nitriles is 1. The van der Waals surface area contributed by atoms with Gasteiger partial charge in [-0.3, -0.25) is 0 Å². The number of aromatic nitrogens is 2. The van der Waals surface area contributed by atoms with Crippen LogP contribution in [0.5, 0.6) is 0 Å². The zero-order chi connectivity index (χ0) is 8.55. The van der Waals surface area contributed by atoms with E-state index in [-0.39, 0.29) is 0 Å². The second-order valence-electron chi connectivity index (χ2n) is 2.35. The molecular weight excluding hydrogens is 218 g/mol. The molecule has 58 valence electrons. The Morgan fingerprint density at radius 2 is 2.33 bits per heavy atom. The molecule has 0 N–H and O–H groups in total. The number of hydrogen-bond acceptors (Lipinski definition) is 2. The van der Waals surface area contributed by atoms with E-state index in [1.807, 2.05) is 18.3 Å². The normalized spacial score (nSPS) is 10.0. The molecule has 0 unspecified atom stereocenters. The van der Waals surface area contributed by atoms with Gasteiger partial charge in [-0.25, -0.2) is 4.52 Å². The fourth-order valence-corrected chi connectivity index (χ4v) is 1.37. The molecule has 0 bridgehead atoms. The molecule has 0 aliphatic rings. The van der Waals surface area contributed by atoms with E-state index in [0.29, 0.717) is 5.56 Å². The van der Waals surface area contributed by atoms with E-state index in [2.05, 4.69) is 27.1 Å². The minimum absolute atomic E-state index is 0.600. The van der Waals surface area contributed by atoms with Crippen LogP contribution in [-0.4, -0.2) is 9.61 Å². The van der Waals surface area contributed by atoms with Gasteiger partial charge in [0.1, 0.15) is 6.07 Å². The summed E-state index contributed by atoms with van der Waals surface area (Å²) >= 11 is 3.32. The Balaban J connectivity index is 2.84. The Kier molecular flexibility index (Phi) is 1.59. The quantitative estimate of drug-likeness (QED) is 0.683. The van der Waals surface area contributed by atoms with Gasteiger partial charge in [-0.1, -0.05) is 0 Å². The van der Waals surface area contributed by atoms with E-state index in [0.717, 1.165) is 9.99 Å². The van der Waals surface area contributed by atoms with Crippen LogP contribution in [0.4, 0.5) is 0 Å². The summed E-state index contributed by atoms with van der Waals surface area (Å²) in [5.74, 6) is 0. The first-order valence-electron chi connectivity index (χ1n) is 3.34. The number of rotatable bonds is 0. The highest BCUT2D eigenvalue weighted by atomic mass is 79.9. The fourth-order valence-electron chi connectivity index (χ4n) is 1.05. The van der Waals surface area contributed by atoms with Crippen molar-refractivity contribution in [2.45, 2.75) is 0 Å². The smallest absolute Gasteiger partial charge is 0.103 e. The minimum Gasteiger partial charge on any atom is -0.238 e. The molecule has 0 saturated heterocycles. The van der Waals surface area contributed by atoms with E-state index in [9.17, 15) is 0 Å². The van der Waals surface area contributed by atoms with Crippen molar-refractivity contribution < 1.29 is 0 Å². The van der Waals surface area contributed by atoms with Crippen molar-refractivity contribution in [2.75, 3.05) is 0 Å². The molecule has 4 heteroatoms. The predicted octanol–water partition coefficient (Wildman–Crippen LogP) is 1.97. The summed E-state index contributed by atoms with van der Waals surface area (Å²) in [5.41, 5.74) is 1.43. The highest BCUT2D eigenvalue weighted by Gasteiger charge is 2.01. The van der Waals surface area contributed by atoms with Gasteiger partial charge in [-0.15, -0.1) is 0 Å². The summed E-state index contributed by atoms with van der Waals surface area (Å²) in [5, 5.41) is 12.7. The van der Waals surface area contributed by atoms with E-state index >= 15 is 0 Å². The van der Waals surface area contributed by atoms with Crippen molar-refractivity contribution >= 4 is 21.4 Å². The summed E-state index contributed by atoms with van der Waals surface area (Å²) in [6, 6.07) is 5.81. The zero-order valence-corrected chi connectivity index (χ0v) is 7.62. The maximum atomic E-state index is 8.68. The van der Waals surface area contributed by atoms with E-state index in [1.54, 1.807) is 10.7 Å². The number of halogens is 1. The standard InChI is InChI=1S/C8H4BrN3/c9-7-1-2-8-6(3-10)4-11-12(8)5-7/h1-2,4-5H. The van der Waals surface area contributed by atoms with Crippen molar-refractivity contribution in [3.63, 3.8) is 0 Å². The molecule has 0 aliphatic carbocycles. The van der Waals surface area contributed by atoms with Crippen LogP contribution in [0, 0.1) is 11.3 Å². The van der Waals surface area contributed by atoms with Gasteiger partial charge >= 0.3 is 0 Å². The second-order valence-corrected chi connectivity index (χ2v) is 3.26. The maximum Gasteiger partial charge on any atom is 0.103 e. The van der Waals surface area contributed by atoms with Crippen molar-refractivity contribution in [3.05, 3.63) is 34.6 Å². The molecule has 0 aliphatic heterocycles. The lowest BCUT2D eigenvalue weighted by Gasteiger charge is -1.92. The van der Waals surface area contributed by atoms with Crippen molar-refractivity contribution in [2.24, 2.45) is 0 Å². The SMILES string of the molecule is N#Cc1cnn2cc(Br)ccc12. The second kappa shape index (κ2) is 2.61. The van der Waals surface area contributed by atoms with Gasteiger partial charge in [0.15, 0.2) is 0 Å². The zero-order valence-electron chi connectivity index (χ0n) is 6.03. The highest BCUT2D eigenvalue weighted by molar-refractivity contribution is 9.10. The van der Waals surface area contributed by atoms with Crippen LogP contribution < -0.4 is 0 Å². The average molecular weight is 222 g/mol. The summed E-state index contributed by atoms with van der Waals surface area (Å²) in [7, 11) is 0. The molecule has 0 radical (unpaired) electrons. The van der Waals surface area contributed by atoms with Gasteiger partial charge in [0.05, 0.1) is 17.3 Å². The first-order chi connectivity index (χ1) is 5.81. The number of fused-ring (bicyclic) bond motifs is 1. The van der Waals surface area contributed by atoms with Gasteiger partial charge in [0.25, 0.3) is 0 Å². The Labute approximate surface area is 77.4 Å². The van der Waals surface area contributed by atoms with Crippen molar-refractivity contribution in [3.8, 4) is 6.07 Å². The average Bonchev–Trinajstić information content (AvgIpc) is 2.46. The molecule has 0 atom stereocenters. The minimum atomic E-state index is 0.600. The number of pyridine rings is 1. The van der Waals surface area contributed by atoms with Gasteiger partial charge in [0.2, 0.25) is 0 Å². The molecule has 0 saturated carbocycles. The van der Waals surface area contributed by atoms with E-state index < -0.39 is 0 Å². The highest BCUT2D eigenvalue weighted by Crippen LogP contribution is 2.14. The molecular formula is C8H4BrN3. The molecule has 0 amide bonds. The van der Waals surface area contributed by atoms with Gasteiger partial charge < -0.3 is 0 Å². The molecule has 2 aromatic heterocycles. The van der Waals surface area contributed by atoms with Crippen LogP contribution in [0.25, 0.3) is 5.52 Å². The summed E-state index contributed by atoms with van der Waals surface area (Å²) in [6.45, 7) is 0. The fraction of sp³-hybridized carbons (Fsp3) is 0. The third-order valence-electron chi connectivity index (χ3n) is 1.60. The first kappa shape index (κ1) is 7.32. The van der Waals surface area contributed by atoms with Crippen LogP contribution in [0.3, 0.4) is 0 Å².